The van der Waals surface area contributed by atoms with Crippen LogP contribution in [0, 0.1) is 0 Å². The van der Waals surface area contributed by atoms with Crippen molar-refractivity contribution in [3.05, 3.63) is 23.5 Å². The smallest absolute Gasteiger partial charge is 0.270 e. The van der Waals surface area contributed by atoms with Crippen LogP contribution in [0.15, 0.2) is 12.3 Å². The normalized spacial score (nSPS) is 28.2. The zero-order valence-electron chi connectivity index (χ0n) is 13.8. The fraction of sp³-hybridized carbons (Fsp3) is 0.647. The molecule has 3 fully saturated rings. The number of carbonyl (C=O) groups is 2. The lowest BCUT2D eigenvalue weighted by Gasteiger charge is -2.43. The van der Waals surface area contributed by atoms with Gasteiger partial charge in [0.1, 0.15) is 11.2 Å². The van der Waals surface area contributed by atoms with Crippen molar-refractivity contribution in [3.8, 4) is 0 Å². The van der Waals surface area contributed by atoms with Crippen LogP contribution in [0.2, 0.25) is 0 Å². The van der Waals surface area contributed by atoms with Gasteiger partial charge in [0.25, 0.3) is 5.91 Å². The van der Waals surface area contributed by atoms with Gasteiger partial charge in [-0.2, -0.15) is 0 Å². The monoisotopic (exact) mass is 332 g/mol. The van der Waals surface area contributed by atoms with Gasteiger partial charge in [-0.1, -0.05) is 0 Å². The number of hydrogen-bond acceptors (Lipinski definition) is 4. The fourth-order valence-electron chi connectivity index (χ4n) is 3.95. The summed E-state index contributed by atoms with van der Waals surface area (Å²) in [6.07, 6.45) is 4.84. The highest BCUT2D eigenvalue weighted by Crippen LogP contribution is 2.41. The Morgan fingerprint density at radius 3 is 2.58 bits per heavy atom. The molecule has 3 aliphatic rings. The molecule has 7 heteroatoms. The van der Waals surface area contributed by atoms with Gasteiger partial charge < -0.3 is 20.4 Å². The van der Waals surface area contributed by atoms with Crippen molar-refractivity contribution >= 4 is 11.8 Å². The van der Waals surface area contributed by atoms with Crippen LogP contribution in [0.1, 0.15) is 41.2 Å². The van der Waals surface area contributed by atoms with E-state index in [1.807, 2.05) is 17.2 Å². The van der Waals surface area contributed by atoms with Crippen LogP contribution in [0.3, 0.4) is 0 Å². The Labute approximate surface area is 141 Å². The quantitative estimate of drug-likeness (QED) is 0.829. The maximum absolute atomic E-state index is 12.8. The van der Waals surface area contributed by atoms with Crippen molar-refractivity contribution < 1.29 is 14.3 Å². The summed E-state index contributed by atoms with van der Waals surface area (Å²) in [4.78, 5) is 31.9. The summed E-state index contributed by atoms with van der Waals surface area (Å²) in [5, 5.41) is 0. The van der Waals surface area contributed by atoms with Crippen LogP contribution in [0.25, 0.3) is 0 Å². The summed E-state index contributed by atoms with van der Waals surface area (Å²) < 4.78 is 5.43. The number of rotatable bonds is 4. The van der Waals surface area contributed by atoms with E-state index in [1.165, 1.54) is 12.8 Å². The topological polar surface area (TPSA) is 91.7 Å². The Kier molecular flexibility index (Phi) is 3.85. The standard InChI is InChI=1S/C17H24N4O3/c18-16(23)17(4-10-24-11-17)21-8-6-20(7-9-21)15(22)14-13(3-5-19-14)12-1-2-12/h3,5,12,19H,1-2,4,6-11H2,(H2,18,23). The van der Waals surface area contributed by atoms with E-state index in [1.54, 1.807) is 0 Å². The van der Waals surface area contributed by atoms with E-state index in [0.29, 0.717) is 51.7 Å². The molecule has 0 bridgehead atoms. The van der Waals surface area contributed by atoms with Gasteiger partial charge in [-0.25, -0.2) is 0 Å². The van der Waals surface area contributed by atoms with Crippen LogP contribution in [0.5, 0.6) is 0 Å². The van der Waals surface area contributed by atoms with Crippen molar-refractivity contribution in [3.63, 3.8) is 0 Å². The summed E-state index contributed by atoms with van der Waals surface area (Å²) in [6, 6.07) is 2.03. The Hall–Kier alpha value is -1.86. The summed E-state index contributed by atoms with van der Waals surface area (Å²) >= 11 is 0. The number of amides is 2. The highest BCUT2D eigenvalue weighted by atomic mass is 16.5. The van der Waals surface area contributed by atoms with Gasteiger partial charge >= 0.3 is 0 Å². The number of ether oxygens (including phenoxy) is 1. The average Bonchev–Trinajstić information content (AvgIpc) is 3.13. The lowest BCUT2D eigenvalue weighted by atomic mass is 9.94. The number of nitrogens with zero attached hydrogens (tertiary/aromatic N) is 2. The molecule has 1 atom stereocenters. The molecule has 2 aliphatic heterocycles. The highest BCUT2D eigenvalue weighted by Gasteiger charge is 2.47. The molecule has 3 heterocycles. The molecule has 1 unspecified atom stereocenters. The maximum Gasteiger partial charge on any atom is 0.270 e. The molecule has 0 spiro atoms. The van der Waals surface area contributed by atoms with Gasteiger partial charge in [0.2, 0.25) is 5.91 Å². The number of piperazine rings is 1. The number of carbonyl (C=O) groups excluding carboxylic acids is 2. The van der Waals surface area contributed by atoms with E-state index in [4.69, 9.17) is 10.5 Å². The van der Waals surface area contributed by atoms with Crippen LogP contribution < -0.4 is 5.73 Å². The first-order valence-corrected chi connectivity index (χ1v) is 8.71. The number of aromatic amines is 1. The first kappa shape index (κ1) is 15.7. The van der Waals surface area contributed by atoms with Crippen LogP contribution >= 0.6 is 0 Å². The third kappa shape index (κ3) is 2.52. The minimum absolute atomic E-state index is 0.0670. The van der Waals surface area contributed by atoms with Gasteiger partial charge in [0.15, 0.2) is 0 Å². The Morgan fingerprint density at radius 1 is 1.25 bits per heavy atom. The first-order valence-electron chi connectivity index (χ1n) is 8.71. The van der Waals surface area contributed by atoms with E-state index < -0.39 is 5.54 Å². The number of nitrogens with two attached hydrogens (primary N) is 1. The summed E-state index contributed by atoms with van der Waals surface area (Å²) in [5.74, 6) is 0.294. The Balaban J connectivity index is 1.43. The molecular weight excluding hydrogens is 308 g/mol. The second-order valence-corrected chi connectivity index (χ2v) is 7.06. The second-order valence-electron chi connectivity index (χ2n) is 7.06. The zero-order valence-corrected chi connectivity index (χ0v) is 13.8. The van der Waals surface area contributed by atoms with E-state index in [-0.39, 0.29) is 11.8 Å². The maximum atomic E-state index is 12.8. The lowest BCUT2D eigenvalue weighted by Crippen LogP contribution is -2.63. The number of aromatic nitrogens is 1. The molecular formula is C17H24N4O3. The molecule has 1 aliphatic carbocycles. The van der Waals surface area contributed by atoms with Crippen LogP contribution in [-0.2, 0) is 9.53 Å². The number of hydrogen-bond donors (Lipinski definition) is 2. The predicted molar refractivity (Wildman–Crippen MR) is 87.6 cm³/mol. The van der Waals surface area contributed by atoms with Gasteiger partial charge in [-0.3, -0.25) is 14.5 Å². The summed E-state index contributed by atoms with van der Waals surface area (Å²) in [7, 11) is 0. The second kappa shape index (κ2) is 5.89. The number of H-pyrrole nitrogens is 1. The summed E-state index contributed by atoms with van der Waals surface area (Å²) in [6.45, 7) is 3.44. The average molecular weight is 332 g/mol. The minimum Gasteiger partial charge on any atom is -0.379 e. The number of nitrogens with one attached hydrogen (secondary N) is 1. The van der Waals surface area contributed by atoms with Crippen molar-refractivity contribution in [1.82, 2.24) is 14.8 Å². The molecule has 0 radical (unpaired) electrons. The molecule has 3 N–H and O–H groups in total. The third-order valence-corrected chi connectivity index (χ3v) is 5.64. The molecule has 1 saturated carbocycles. The first-order chi connectivity index (χ1) is 11.6. The van der Waals surface area contributed by atoms with Crippen molar-refractivity contribution in [2.45, 2.75) is 30.7 Å². The Bertz CT molecular complexity index is 638. The zero-order chi connectivity index (χ0) is 16.7. The van der Waals surface area contributed by atoms with Gasteiger partial charge in [-0.05, 0) is 30.4 Å². The molecule has 2 saturated heterocycles. The minimum atomic E-state index is -0.694. The van der Waals surface area contributed by atoms with Crippen molar-refractivity contribution in [2.75, 3.05) is 39.4 Å². The highest BCUT2D eigenvalue weighted by molar-refractivity contribution is 5.94. The van der Waals surface area contributed by atoms with E-state index in [9.17, 15) is 9.59 Å². The molecule has 7 nitrogen and oxygen atoms in total. The van der Waals surface area contributed by atoms with Crippen LogP contribution in [0.4, 0.5) is 0 Å². The van der Waals surface area contributed by atoms with Gasteiger partial charge in [-0.15, -0.1) is 0 Å². The fourth-order valence-corrected chi connectivity index (χ4v) is 3.95. The lowest BCUT2D eigenvalue weighted by molar-refractivity contribution is -0.131. The summed E-state index contributed by atoms with van der Waals surface area (Å²) in [5.41, 5.74) is 6.84. The van der Waals surface area contributed by atoms with Gasteiger partial charge in [0.05, 0.1) is 6.61 Å². The largest absolute Gasteiger partial charge is 0.379 e. The molecule has 2 amide bonds. The van der Waals surface area contributed by atoms with E-state index in [0.717, 1.165) is 11.3 Å². The Morgan fingerprint density at radius 2 is 2.00 bits per heavy atom. The predicted octanol–water partition coefficient (Wildman–Crippen LogP) is 0.294. The van der Waals surface area contributed by atoms with E-state index in [2.05, 4.69) is 9.88 Å². The third-order valence-electron chi connectivity index (χ3n) is 5.64. The number of primary amides is 1. The van der Waals surface area contributed by atoms with E-state index >= 15 is 0 Å². The molecule has 1 aromatic rings. The molecule has 0 aromatic carbocycles. The van der Waals surface area contributed by atoms with Gasteiger partial charge in [0, 0.05) is 45.4 Å². The molecule has 1 aromatic heterocycles. The van der Waals surface area contributed by atoms with Crippen molar-refractivity contribution in [2.24, 2.45) is 5.73 Å². The van der Waals surface area contributed by atoms with Crippen molar-refractivity contribution in [1.29, 1.82) is 0 Å². The van der Waals surface area contributed by atoms with Crippen LogP contribution in [-0.4, -0.2) is 71.5 Å². The molecule has 4 rings (SSSR count). The molecule has 130 valence electrons. The molecule has 24 heavy (non-hydrogen) atoms. The SMILES string of the molecule is NC(=O)C1(N2CCN(C(=O)c3[nH]ccc3C3CC3)CC2)CCOC1.